The number of likely N-dealkylation sites (tertiary alicyclic amines) is 1. The molecule has 0 aliphatic carbocycles. The summed E-state index contributed by atoms with van der Waals surface area (Å²) in [5, 5.41) is 6.44. The van der Waals surface area contributed by atoms with Crippen LogP contribution in [0.4, 0.5) is 22.7 Å². The quantitative estimate of drug-likeness (QED) is 0.453. The van der Waals surface area contributed by atoms with Crippen LogP contribution >= 0.6 is 0 Å². The van der Waals surface area contributed by atoms with Gasteiger partial charge in [0.2, 0.25) is 5.91 Å². The van der Waals surface area contributed by atoms with Gasteiger partial charge < -0.3 is 15.5 Å². The summed E-state index contributed by atoms with van der Waals surface area (Å²) in [6, 6.07) is 22.8. The molecule has 0 aromatic heterocycles. The molecule has 180 valence electrons. The van der Waals surface area contributed by atoms with Crippen LogP contribution in [0.1, 0.15) is 41.6 Å². The largest absolute Gasteiger partial charge is 0.385 e. The van der Waals surface area contributed by atoms with Gasteiger partial charge in [-0.25, -0.2) is 0 Å². The molecule has 3 aromatic carbocycles. The Bertz CT molecular complexity index is 1190. The zero-order valence-corrected chi connectivity index (χ0v) is 20.0. The van der Waals surface area contributed by atoms with E-state index in [-0.39, 0.29) is 18.2 Å². The number of nitrogens with one attached hydrogen (secondary N) is 2. The predicted octanol–water partition coefficient (Wildman–Crippen LogP) is 5.45. The fourth-order valence-corrected chi connectivity index (χ4v) is 4.94. The van der Waals surface area contributed by atoms with Gasteiger partial charge in [-0.3, -0.25) is 14.5 Å². The van der Waals surface area contributed by atoms with Crippen molar-refractivity contribution in [1.29, 1.82) is 0 Å². The van der Waals surface area contributed by atoms with E-state index in [1.807, 2.05) is 66.7 Å². The molecule has 35 heavy (non-hydrogen) atoms. The molecule has 0 bridgehead atoms. The average molecular weight is 469 g/mol. The minimum atomic E-state index is -0.209. The van der Waals surface area contributed by atoms with Crippen LogP contribution in [-0.4, -0.2) is 42.9 Å². The van der Waals surface area contributed by atoms with E-state index >= 15 is 0 Å². The third-order valence-electron chi connectivity index (χ3n) is 6.77. The lowest BCUT2D eigenvalue weighted by Gasteiger charge is -2.26. The highest BCUT2D eigenvalue weighted by atomic mass is 16.2. The Hall–Kier alpha value is -3.64. The number of nitrogens with zero attached hydrogens (tertiary/aromatic N) is 2. The van der Waals surface area contributed by atoms with E-state index in [2.05, 4.69) is 15.5 Å². The maximum absolute atomic E-state index is 13.6. The molecular formula is C29H32N4O2. The lowest BCUT2D eigenvalue weighted by molar-refractivity contribution is -0.117. The molecule has 2 amide bonds. The Labute approximate surface area is 206 Å². The van der Waals surface area contributed by atoms with Gasteiger partial charge in [-0.1, -0.05) is 42.8 Å². The summed E-state index contributed by atoms with van der Waals surface area (Å²) in [6.45, 7) is 4.56. The van der Waals surface area contributed by atoms with Crippen LogP contribution in [0.15, 0.2) is 72.8 Å². The van der Waals surface area contributed by atoms with Crippen molar-refractivity contribution in [2.75, 3.05) is 41.7 Å². The smallest absolute Gasteiger partial charge is 0.257 e. The van der Waals surface area contributed by atoms with Gasteiger partial charge in [0.05, 0.1) is 29.0 Å². The lowest BCUT2D eigenvalue weighted by Crippen LogP contribution is -2.31. The summed E-state index contributed by atoms with van der Waals surface area (Å²) in [5.74, 6) is -0.289. The van der Waals surface area contributed by atoms with Crippen molar-refractivity contribution < 1.29 is 9.59 Å². The number of hydrogen-bond acceptors (Lipinski definition) is 4. The summed E-state index contributed by atoms with van der Waals surface area (Å²) in [6.07, 6.45) is 5.40. The SMILES string of the molecule is O=C1Nc2ccccc2N(C(=O)Cc2ccc(NCCCN3CCCCC3)cc2)c2ccccc21. The molecule has 2 aliphatic heterocycles. The van der Waals surface area contributed by atoms with Crippen LogP contribution < -0.4 is 15.5 Å². The van der Waals surface area contributed by atoms with Crippen molar-refractivity contribution >= 4 is 34.6 Å². The van der Waals surface area contributed by atoms with Gasteiger partial charge in [0.15, 0.2) is 0 Å². The zero-order valence-electron chi connectivity index (χ0n) is 20.0. The number of anilines is 4. The second-order valence-corrected chi connectivity index (χ2v) is 9.27. The van der Waals surface area contributed by atoms with E-state index in [1.54, 1.807) is 11.0 Å². The highest BCUT2D eigenvalue weighted by Gasteiger charge is 2.28. The van der Waals surface area contributed by atoms with Crippen LogP contribution in [0, 0.1) is 0 Å². The van der Waals surface area contributed by atoms with Crippen molar-refractivity contribution in [3.8, 4) is 0 Å². The lowest BCUT2D eigenvalue weighted by atomic mass is 10.1. The second-order valence-electron chi connectivity index (χ2n) is 9.27. The third-order valence-corrected chi connectivity index (χ3v) is 6.77. The topological polar surface area (TPSA) is 64.7 Å². The van der Waals surface area contributed by atoms with Crippen LogP contribution in [0.5, 0.6) is 0 Å². The Kier molecular flexibility index (Phi) is 7.09. The van der Waals surface area contributed by atoms with Crippen LogP contribution in [0.25, 0.3) is 0 Å². The first kappa shape index (κ1) is 23.1. The summed E-state index contributed by atoms with van der Waals surface area (Å²) < 4.78 is 0. The molecule has 0 saturated carbocycles. The van der Waals surface area contributed by atoms with Crippen LogP contribution in [0.2, 0.25) is 0 Å². The Morgan fingerprint density at radius 1 is 0.857 bits per heavy atom. The van der Waals surface area contributed by atoms with E-state index in [0.717, 1.165) is 30.8 Å². The molecule has 5 rings (SSSR count). The molecule has 6 heteroatoms. The molecule has 2 aliphatic rings. The summed E-state index contributed by atoms with van der Waals surface area (Å²) in [4.78, 5) is 30.6. The molecule has 0 atom stereocenters. The van der Waals surface area contributed by atoms with Crippen LogP contribution in [-0.2, 0) is 11.2 Å². The predicted molar refractivity (Wildman–Crippen MR) is 142 cm³/mol. The second kappa shape index (κ2) is 10.7. The molecule has 6 nitrogen and oxygen atoms in total. The van der Waals surface area contributed by atoms with Gasteiger partial charge >= 0.3 is 0 Å². The van der Waals surface area contributed by atoms with Crippen molar-refractivity contribution in [2.45, 2.75) is 32.1 Å². The Morgan fingerprint density at radius 3 is 2.37 bits per heavy atom. The molecule has 2 heterocycles. The number of benzene rings is 3. The minimum absolute atomic E-state index is 0.0800. The van der Waals surface area contributed by atoms with E-state index in [1.165, 1.54) is 32.4 Å². The van der Waals surface area contributed by atoms with Crippen molar-refractivity contribution in [2.24, 2.45) is 0 Å². The first-order valence-corrected chi connectivity index (χ1v) is 12.6. The first-order valence-electron chi connectivity index (χ1n) is 12.6. The van der Waals surface area contributed by atoms with Crippen molar-refractivity contribution in [3.05, 3.63) is 83.9 Å². The molecule has 1 saturated heterocycles. The number of hydrogen-bond donors (Lipinski definition) is 2. The molecule has 0 unspecified atom stereocenters. The molecule has 0 radical (unpaired) electrons. The van der Waals surface area contributed by atoms with Gasteiger partial charge in [-0.05, 0) is 80.9 Å². The molecule has 3 aromatic rings. The number of rotatable bonds is 7. The van der Waals surface area contributed by atoms with E-state index < -0.39 is 0 Å². The average Bonchev–Trinajstić information content (AvgIpc) is 3.02. The highest BCUT2D eigenvalue weighted by molar-refractivity contribution is 6.17. The van der Waals surface area contributed by atoms with E-state index in [9.17, 15) is 9.59 Å². The standard InChI is InChI=1S/C29H32N4O2/c34-28(21-22-13-15-23(16-14-22)30-17-8-20-32-18-6-1-7-19-32)33-26-11-4-2-9-24(26)29(35)31-25-10-3-5-12-27(25)33/h2-5,9-16,30H,1,6-8,17-21H2,(H,31,35). The maximum atomic E-state index is 13.6. The normalized spacial score (nSPS) is 15.5. The molecule has 1 fully saturated rings. The Balaban J connectivity index is 1.25. The monoisotopic (exact) mass is 468 g/mol. The number of carbonyl (C=O) groups excluding carboxylic acids is 2. The summed E-state index contributed by atoms with van der Waals surface area (Å²) >= 11 is 0. The van der Waals surface area contributed by atoms with E-state index in [0.29, 0.717) is 22.6 Å². The number of carbonyl (C=O) groups is 2. The molecular weight excluding hydrogens is 436 g/mol. The maximum Gasteiger partial charge on any atom is 0.257 e. The van der Waals surface area contributed by atoms with Gasteiger partial charge in [0.25, 0.3) is 5.91 Å². The van der Waals surface area contributed by atoms with Gasteiger partial charge in [0.1, 0.15) is 0 Å². The van der Waals surface area contributed by atoms with Gasteiger partial charge in [-0.15, -0.1) is 0 Å². The summed E-state index contributed by atoms with van der Waals surface area (Å²) in [7, 11) is 0. The number of amides is 2. The van der Waals surface area contributed by atoms with Crippen LogP contribution in [0.3, 0.4) is 0 Å². The number of fused-ring (bicyclic) bond motifs is 2. The number of piperidine rings is 1. The molecule has 2 N–H and O–H groups in total. The number of para-hydroxylation sites is 3. The highest BCUT2D eigenvalue weighted by Crippen LogP contribution is 2.38. The summed E-state index contributed by atoms with van der Waals surface area (Å²) in [5.41, 5.74) is 4.41. The first-order chi connectivity index (χ1) is 17.2. The van der Waals surface area contributed by atoms with Gasteiger partial charge in [-0.2, -0.15) is 0 Å². The van der Waals surface area contributed by atoms with Crippen molar-refractivity contribution in [1.82, 2.24) is 4.90 Å². The van der Waals surface area contributed by atoms with Gasteiger partial charge in [0, 0.05) is 12.2 Å². The molecule has 0 spiro atoms. The van der Waals surface area contributed by atoms with E-state index in [4.69, 9.17) is 0 Å². The third kappa shape index (κ3) is 5.38. The fourth-order valence-electron chi connectivity index (χ4n) is 4.94. The fraction of sp³-hybridized carbons (Fsp3) is 0.310. The van der Waals surface area contributed by atoms with Crippen molar-refractivity contribution in [3.63, 3.8) is 0 Å². The Morgan fingerprint density at radius 2 is 1.57 bits per heavy atom. The zero-order chi connectivity index (χ0) is 24.0. The minimum Gasteiger partial charge on any atom is -0.385 e.